The number of nitrogens with zero attached hydrogens (tertiary/aromatic N) is 2. The first kappa shape index (κ1) is 43.6. The van der Waals surface area contributed by atoms with Crippen molar-refractivity contribution in [3.8, 4) is 11.5 Å². The third-order valence-electron chi connectivity index (χ3n) is 8.76. The van der Waals surface area contributed by atoms with Gasteiger partial charge in [-0.05, 0) is 110 Å². The highest BCUT2D eigenvalue weighted by Gasteiger charge is 2.19. The topological polar surface area (TPSA) is 232 Å². The summed E-state index contributed by atoms with van der Waals surface area (Å²) in [6.45, 7) is 7.34. The minimum absolute atomic E-state index is 0.0309. The number of hydrogen-bond donors (Lipinski definition) is 1. The average molecular weight is 796 g/mol. The summed E-state index contributed by atoms with van der Waals surface area (Å²) in [7, 11) is 0. The zero-order chi connectivity index (χ0) is 42.5. The molecule has 0 atom stereocenters. The zero-order valence-corrected chi connectivity index (χ0v) is 32.3. The molecule has 302 valence electrons. The van der Waals surface area contributed by atoms with E-state index >= 15 is 0 Å². The van der Waals surface area contributed by atoms with Gasteiger partial charge < -0.3 is 18.9 Å². The number of nitro benzene ring substituents is 2. The van der Waals surface area contributed by atoms with E-state index in [1.165, 1.54) is 24.3 Å². The molecule has 0 amide bonds. The number of nitro groups is 2. The van der Waals surface area contributed by atoms with Crippen LogP contribution in [-0.2, 0) is 37.1 Å². The van der Waals surface area contributed by atoms with Crippen LogP contribution in [-0.4, -0.2) is 45.2 Å². The molecule has 0 radical (unpaired) electrons. The van der Waals surface area contributed by atoms with Gasteiger partial charge in [-0.25, -0.2) is 0 Å². The van der Waals surface area contributed by atoms with Crippen molar-refractivity contribution in [3.05, 3.63) is 138 Å². The Labute approximate surface area is 332 Å². The Morgan fingerprint density at radius 3 is 1.19 bits per heavy atom. The lowest BCUT2D eigenvalue weighted by atomic mass is 10.0. The number of ether oxygens (including phenoxy) is 4. The van der Waals surface area contributed by atoms with Gasteiger partial charge in [0.25, 0.3) is 11.4 Å². The smallest absolute Gasteiger partial charge is 0.313 e. The fraction of sp³-hybridized carbons (Fsp3) is 0.286. The van der Waals surface area contributed by atoms with Crippen molar-refractivity contribution in [3.63, 3.8) is 0 Å². The molecule has 0 bridgehead atoms. The van der Waals surface area contributed by atoms with Crippen LogP contribution in [0, 0.1) is 53.3 Å². The molecule has 0 heterocycles. The Kier molecular flexibility index (Phi) is 15.2. The average Bonchev–Trinajstić information content (AvgIpc) is 3.17. The molecule has 0 aliphatic carbocycles. The number of hydrogen-bond acceptors (Lipinski definition) is 14. The molecule has 0 spiro atoms. The van der Waals surface area contributed by atoms with E-state index in [4.69, 9.17) is 24.4 Å². The SMILES string of the molecule is Cc1cc(C(=O)CCC(=O)OC(=N)CCC(=O)OC(=O)CCC(=O)c2cc(C)c(OCc3ccc([N+](=O)[O-])cc3)c(C)c2)cc(C)c1OCc1ccc([N+](=O)[O-])cc1. The largest absolute Gasteiger partial charge is 0.488 e. The molecule has 16 heteroatoms. The predicted molar refractivity (Wildman–Crippen MR) is 208 cm³/mol. The Morgan fingerprint density at radius 1 is 0.517 bits per heavy atom. The lowest BCUT2D eigenvalue weighted by molar-refractivity contribution is -0.385. The van der Waals surface area contributed by atoms with Crippen molar-refractivity contribution in [1.29, 1.82) is 5.41 Å². The highest BCUT2D eigenvalue weighted by atomic mass is 16.6. The number of ketones is 2. The van der Waals surface area contributed by atoms with Gasteiger partial charge in [0.15, 0.2) is 17.5 Å². The lowest BCUT2D eigenvalue weighted by Gasteiger charge is -2.14. The number of Topliss-reactive ketones (excluding diaryl/α,β-unsaturated/α-hetero) is 2. The van der Waals surface area contributed by atoms with Crippen LogP contribution in [0.25, 0.3) is 0 Å². The van der Waals surface area contributed by atoms with Gasteiger partial charge in [0.1, 0.15) is 24.7 Å². The Hall–Kier alpha value is -7.10. The van der Waals surface area contributed by atoms with Crippen molar-refractivity contribution >= 4 is 46.7 Å². The van der Waals surface area contributed by atoms with Crippen LogP contribution in [0.2, 0.25) is 0 Å². The van der Waals surface area contributed by atoms with Crippen LogP contribution in [0.5, 0.6) is 11.5 Å². The summed E-state index contributed by atoms with van der Waals surface area (Å²) in [6.07, 6.45) is -1.93. The summed E-state index contributed by atoms with van der Waals surface area (Å²) in [6, 6.07) is 18.4. The maximum atomic E-state index is 12.9. The van der Waals surface area contributed by atoms with E-state index in [0.29, 0.717) is 44.9 Å². The minimum Gasteiger partial charge on any atom is -0.488 e. The third-order valence-corrected chi connectivity index (χ3v) is 8.76. The molecule has 4 rings (SSSR count). The number of nitrogens with one attached hydrogen (secondary N) is 1. The molecule has 4 aromatic rings. The number of esters is 3. The minimum atomic E-state index is -0.972. The molecule has 4 aromatic carbocycles. The molecular weight excluding hydrogens is 754 g/mol. The predicted octanol–water partition coefficient (Wildman–Crippen LogP) is 7.89. The first-order valence-electron chi connectivity index (χ1n) is 18.0. The summed E-state index contributed by atoms with van der Waals surface area (Å²) in [4.78, 5) is 83.3. The van der Waals surface area contributed by atoms with E-state index in [2.05, 4.69) is 0 Å². The van der Waals surface area contributed by atoms with Crippen molar-refractivity contribution in [2.75, 3.05) is 0 Å². The van der Waals surface area contributed by atoms with Crippen LogP contribution >= 0.6 is 0 Å². The van der Waals surface area contributed by atoms with Crippen molar-refractivity contribution in [1.82, 2.24) is 0 Å². The van der Waals surface area contributed by atoms with Crippen LogP contribution in [0.15, 0.2) is 72.8 Å². The van der Waals surface area contributed by atoms with Gasteiger partial charge in [0, 0.05) is 54.7 Å². The summed E-state index contributed by atoms with van der Waals surface area (Å²) in [5.41, 5.74) is 4.74. The number of carbonyl (C=O) groups excluding carboxylic acids is 5. The van der Waals surface area contributed by atoms with Crippen LogP contribution in [0.3, 0.4) is 0 Å². The molecule has 1 N–H and O–H groups in total. The van der Waals surface area contributed by atoms with Crippen molar-refractivity contribution in [2.24, 2.45) is 0 Å². The number of rotatable bonds is 19. The zero-order valence-electron chi connectivity index (χ0n) is 32.3. The number of non-ortho nitro benzene ring substituents is 2. The second kappa shape index (κ2) is 20.2. The molecule has 0 saturated heterocycles. The van der Waals surface area contributed by atoms with Crippen LogP contribution in [0.1, 0.15) is 92.6 Å². The highest BCUT2D eigenvalue weighted by Crippen LogP contribution is 2.28. The van der Waals surface area contributed by atoms with Gasteiger partial charge in [0.2, 0.25) is 0 Å². The van der Waals surface area contributed by atoms with Gasteiger partial charge in [0.05, 0.1) is 29.1 Å². The maximum Gasteiger partial charge on any atom is 0.313 e. The van der Waals surface area contributed by atoms with E-state index in [1.807, 2.05) is 0 Å². The Balaban J connectivity index is 1.14. The Bertz CT molecular complexity index is 2040. The van der Waals surface area contributed by atoms with Crippen LogP contribution in [0.4, 0.5) is 11.4 Å². The standard InChI is InChI=1S/C42H41N3O13/c1-25-19-31(20-26(2)41(25)55-23-29-5-9-33(10-6-29)44(51)52)35(46)13-16-38(48)57-37(43)15-18-40(50)58-39(49)17-14-36(47)32-21-27(3)42(28(4)22-32)56-24-30-7-11-34(12-8-30)45(53)54/h5-12,19-22,43H,13-18,23-24H2,1-4H3. The second-order valence-electron chi connectivity index (χ2n) is 13.4. The van der Waals surface area contributed by atoms with E-state index in [1.54, 1.807) is 76.2 Å². The third kappa shape index (κ3) is 12.7. The van der Waals surface area contributed by atoms with E-state index < -0.39 is 40.1 Å². The summed E-state index contributed by atoms with van der Waals surface area (Å²) in [5, 5.41) is 29.6. The number of aryl methyl sites for hydroxylation is 4. The molecule has 0 saturated carbocycles. The number of benzene rings is 4. The maximum absolute atomic E-state index is 12.9. The van der Waals surface area contributed by atoms with Gasteiger partial charge >= 0.3 is 17.9 Å². The first-order valence-corrected chi connectivity index (χ1v) is 18.0. The fourth-order valence-electron chi connectivity index (χ4n) is 5.82. The quantitative estimate of drug-likeness (QED) is 0.0181. The van der Waals surface area contributed by atoms with Gasteiger partial charge in [-0.15, -0.1) is 0 Å². The summed E-state index contributed by atoms with van der Waals surface area (Å²) < 4.78 is 21.5. The van der Waals surface area contributed by atoms with E-state index in [0.717, 1.165) is 11.1 Å². The molecule has 16 nitrogen and oxygen atoms in total. The van der Waals surface area contributed by atoms with Crippen molar-refractivity contribution < 1.29 is 52.8 Å². The molecule has 0 aliphatic rings. The summed E-state index contributed by atoms with van der Waals surface area (Å²) >= 11 is 0. The molecule has 0 fully saturated rings. The molecule has 0 aromatic heterocycles. The molecular formula is C42H41N3O13. The van der Waals surface area contributed by atoms with E-state index in [9.17, 15) is 44.2 Å². The van der Waals surface area contributed by atoms with E-state index in [-0.39, 0.29) is 68.3 Å². The van der Waals surface area contributed by atoms with Gasteiger partial charge in [-0.3, -0.25) is 49.6 Å². The Morgan fingerprint density at radius 2 is 0.845 bits per heavy atom. The second-order valence-corrected chi connectivity index (χ2v) is 13.4. The van der Waals surface area contributed by atoms with Crippen molar-refractivity contribution in [2.45, 2.75) is 79.4 Å². The van der Waals surface area contributed by atoms with Gasteiger partial charge in [-0.2, -0.15) is 0 Å². The first-order chi connectivity index (χ1) is 27.5. The molecule has 58 heavy (non-hydrogen) atoms. The monoisotopic (exact) mass is 795 g/mol. The molecule has 0 aliphatic heterocycles. The van der Waals surface area contributed by atoms with Gasteiger partial charge in [-0.1, -0.05) is 0 Å². The van der Waals surface area contributed by atoms with Crippen LogP contribution < -0.4 is 9.47 Å². The lowest BCUT2D eigenvalue weighted by Crippen LogP contribution is -2.17. The normalized spacial score (nSPS) is 10.6. The fourth-order valence-corrected chi connectivity index (χ4v) is 5.82. The highest BCUT2D eigenvalue weighted by molar-refractivity contribution is 6.00. The summed E-state index contributed by atoms with van der Waals surface area (Å²) in [5.74, 6) is -2.92. The number of carbonyl (C=O) groups is 5. The molecule has 0 unspecified atom stereocenters.